The quantitative estimate of drug-likeness (QED) is 0.734. The molecule has 1 atom stereocenters. The lowest BCUT2D eigenvalue weighted by Gasteiger charge is -2.48. The molecule has 0 aromatic heterocycles. The van der Waals surface area contributed by atoms with Crippen LogP contribution in [-0.4, -0.2) is 35.0 Å². The van der Waals surface area contributed by atoms with Gasteiger partial charge in [-0.05, 0) is 27.7 Å². The normalized spacial score (nSPS) is 26.1. The number of nitrogens with zero attached hydrogens (tertiary/aromatic N) is 2. The summed E-state index contributed by atoms with van der Waals surface area (Å²) in [5, 5.41) is 11.6. The van der Waals surface area contributed by atoms with Crippen LogP contribution in [0.3, 0.4) is 0 Å². The molecule has 4 nitrogen and oxygen atoms in total. The maximum absolute atomic E-state index is 11.7. The third kappa shape index (κ3) is 2.29. The Morgan fingerprint density at radius 1 is 1.67 bits per heavy atom. The first kappa shape index (κ1) is 12.0. The van der Waals surface area contributed by atoms with Gasteiger partial charge in [0.25, 0.3) is 0 Å². The fourth-order valence-electron chi connectivity index (χ4n) is 2.40. The number of nitrogens with one attached hydrogen (secondary N) is 1. The van der Waals surface area contributed by atoms with E-state index in [4.69, 9.17) is 5.26 Å². The van der Waals surface area contributed by atoms with Crippen molar-refractivity contribution in [3.05, 3.63) is 0 Å². The zero-order valence-electron chi connectivity index (χ0n) is 9.87. The van der Waals surface area contributed by atoms with Gasteiger partial charge in [0.1, 0.15) is 6.04 Å². The Hall–Kier alpha value is -1.08. The van der Waals surface area contributed by atoms with Crippen LogP contribution in [0, 0.1) is 11.3 Å². The van der Waals surface area contributed by atoms with E-state index >= 15 is 0 Å². The zero-order valence-corrected chi connectivity index (χ0v) is 9.87. The number of piperazine rings is 1. The van der Waals surface area contributed by atoms with E-state index in [2.05, 4.69) is 44.0 Å². The smallest absolute Gasteiger partial charge is 0.238 e. The lowest BCUT2D eigenvalue weighted by atomic mass is 9.92. The molecule has 84 valence electrons. The number of hydrogen-bond acceptors (Lipinski definition) is 3. The van der Waals surface area contributed by atoms with E-state index in [0.717, 1.165) is 0 Å². The van der Waals surface area contributed by atoms with Gasteiger partial charge in [-0.15, -0.1) is 0 Å². The highest BCUT2D eigenvalue weighted by molar-refractivity contribution is 5.83. The van der Waals surface area contributed by atoms with Crippen molar-refractivity contribution in [3.63, 3.8) is 0 Å². The summed E-state index contributed by atoms with van der Waals surface area (Å²) in [6.45, 7) is 8.95. The zero-order chi connectivity index (χ0) is 11.6. The number of hydrogen-bond donors (Lipinski definition) is 1. The van der Waals surface area contributed by atoms with Crippen LogP contribution >= 0.6 is 0 Å². The highest BCUT2D eigenvalue weighted by atomic mass is 16.2. The predicted molar refractivity (Wildman–Crippen MR) is 58.1 cm³/mol. The van der Waals surface area contributed by atoms with Crippen LogP contribution in [0.25, 0.3) is 0 Å². The molecule has 0 aromatic rings. The van der Waals surface area contributed by atoms with Crippen LogP contribution in [0.5, 0.6) is 0 Å². The van der Waals surface area contributed by atoms with Crippen molar-refractivity contribution in [2.75, 3.05) is 6.54 Å². The molecule has 1 fully saturated rings. The van der Waals surface area contributed by atoms with Gasteiger partial charge in [0.15, 0.2) is 0 Å². The summed E-state index contributed by atoms with van der Waals surface area (Å²) in [6, 6.07) is 2.05. The molecule has 4 heteroatoms. The Balaban J connectivity index is 2.97. The molecule has 0 radical (unpaired) electrons. The van der Waals surface area contributed by atoms with Gasteiger partial charge in [0.05, 0.1) is 12.5 Å². The summed E-state index contributed by atoms with van der Waals surface area (Å²) in [4.78, 5) is 13.8. The summed E-state index contributed by atoms with van der Waals surface area (Å²) < 4.78 is 0. The Kier molecular flexibility index (Phi) is 3.35. The van der Waals surface area contributed by atoms with Crippen molar-refractivity contribution in [2.45, 2.75) is 51.7 Å². The second-order valence-electron chi connectivity index (χ2n) is 4.91. The number of nitriles is 1. The molecule has 1 aliphatic rings. The minimum atomic E-state index is -0.307. The second kappa shape index (κ2) is 4.19. The van der Waals surface area contributed by atoms with Crippen molar-refractivity contribution in [1.82, 2.24) is 10.2 Å². The van der Waals surface area contributed by atoms with Crippen molar-refractivity contribution < 1.29 is 4.79 Å². The van der Waals surface area contributed by atoms with Crippen molar-refractivity contribution in [3.8, 4) is 6.07 Å². The summed E-state index contributed by atoms with van der Waals surface area (Å²) in [6.07, 6.45) is 0.257. The van der Waals surface area contributed by atoms with Gasteiger partial charge in [0, 0.05) is 18.1 Å². The fraction of sp³-hybridized carbons (Fsp3) is 0.818. The fourth-order valence-corrected chi connectivity index (χ4v) is 2.40. The Morgan fingerprint density at radius 2 is 2.27 bits per heavy atom. The molecule has 1 saturated heterocycles. The number of carbonyl (C=O) groups is 1. The molecule has 0 bridgehead atoms. The van der Waals surface area contributed by atoms with E-state index in [1.807, 2.05) is 0 Å². The molecule has 0 spiro atoms. The minimum Gasteiger partial charge on any atom is -0.353 e. The number of amides is 1. The largest absolute Gasteiger partial charge is 0.353 e. The third-order valence-electron chi connectivity index (χ3n) is 2.87. The van der Waals surface area contributed by atoms with Crippen LogP contribution in [-0.2, 0) is 4.79 Å². The third-order valence-corrected chi connectivity index (χ3v) is 2.87. The van der Waals surface area contributed by atoms with E-state index in [9.17, 15) is 4.79 Å². The molecular weight excluding hydrogens is 190 g/mol. The molecule has 0 aromatic carbocycles. The van der Waals surface area contributed by atoms with Crippen molar-refractivity contribution >= 4 is 5.91 Å². The molecular formula is C11H19N3O. The van der Waals surface area contributed by atoms with Gasteiger partial charge in [0.2, 0.25) is 5.91 Å². The first-order valence-corrected chi connectivity index (χ1v) is 5.33. The molecule has 0 aliphatic carbocycles. The number of carbonyl (C=O) groups excluding carboxylic acids is 1. The summed E-state index contributed by atoms with van der Waals surface area (Å²) in [5.74, 6) is -0.0235. The average Bonchev–Trinajstić information content (AvgIpc) is 2.11. The van der Waals surface area contributed by atoms with Crippen LogP contribution < -0.4 is 5.32 Å². The van der Waals surface area contributed by atoms with E-state index in [1.54, 1.807) is 0 Å². The maximum atomic E-state index is 11.7. The monoisotopic (exact) mass is 209 g/mol. The molecule has 1 unspecified atom stereocenters. The topological polar surface area (TPSA) is 56.1 Å². The Morgan fingerprint density at radius 3 is 2.73 bits per heavy atom. The minimum absolute atomic E-state index is 0.0235. The van der Waals surface area contributed by atoms with Crippen molar-refractivity contribution in [1.29, 1.82) is 5.26 Å². The molecule has 1 N–H and O–H groups in total. The number of rotatable bonds is 2. The van der Waals surface area contributed by atoms with Gasteiger partial charge in [-0.2, -0.15) is 5.26 Å². The van der Waals surface area contributed by atoms with Crippen molar-refractivity contribution in [2.24, 2.45) is 0 Å². The highest BCUT2D eigenvalue weighted by Gasteiger charge is 2.42. The Bertz CT molecular complexity index is 291. The van der Waals surface area contributed by atoms with Gasteiger partial charge >= 0.3 is 0 Å². The predicted octanol–water partition coefficient (Wildman–Crippen LogP) is 0.887. The van der Waals surface area contributed by atoms with E-state index < -0.39 is 0 Å². The van der Waals surface area contributed by atoms with E-state index in [1.165, 1.54) is 0 Å². The van der Waals surface area contributed by atoms with Gasteiger partial charge in [-0.25, -0.2) is 0 Å². The lowest BCUT2D eigenvalue weighted by molar-refractivity contribution is -0.135. The van der Waals surface area contributed by atoms with Gasteiger partial charge in [-0.3, -0.25) is 9.69 Å². The maximum Gasteiger partial charge on any atom is 0.238 e. The molecule has 1 heterocycles. The standard InChI is InChI=1S/C11H19N3O/c1-8(2)14-9(5-6-12)10(15)13-7-11(14,3)4/h8-9H,5,7H2,1-4H3,(H,13,15). The summed E-state index contributed by atoms with van der Waals surface area (Å²) in [7, 11) is 0. The van der Waals surface area contributed by atoms with Crippen LogP contribution in [0.2, 0.25) is 0 Å². The molecule has 1 rings (SSSR count). The first-order valence-electron chi connectivity index (χ1n) is 5.33. The van der Waals surface area contributed by atoms with Crippen LogP contribution in [0.4, 0.5) is 0 Å². The first-order chi connectivity index (χ1) is 6.90. The molecule has 1 aliphatic heterocycles. The molecule has 15 heavy (non-hydrogen) atoms. The van der Waals surface area contributed by atoms with Gasteiger partial charge < -0.3 is 5.32 Å². The highest BCUT2D eigenvalue weighted by Crippen LogP contribution is 2.25. The summed E-state index contributed by atoms with van der Waals surface area (Å²) in [5.41, 5.74) is -0.0798. The van der Waals surface area contributed by atoms with Crippen LogP contribution in [0.1, 0.15) is 34.1 Å². The SMILES string of the molecule is CC(C)N1C(CC#N)C(=O)NCC1(C)C. The summed E-state index contributed by atoms with van der Waals surface area (Å²) >= 11 is 0. The van der Waals surface area contributed by atoms with E-state index in [-0.39, 0.29) is 30.0 Å². The van der Waals surface area contributed by atoms with E-state index in [0.29, 0.717) is 6.54 Å². The second-order valence-corrected chi connectivity index (χ2v) is 4.91. The Labute approximate surface area is 91.2 Å². The van der Waals surface area contributed by atoms with Crippen LogP contribution in [0.15, 0.2) is 0 Å². The average molecular weight is 209 g/mol. The molecule has 1 amide bonds. The van der Waals surface area contributed by atoms with Gasteiger partial charge in [-0.1, -0.05) is 0 Å². The molecule has 0 saturated carbocycles. The lowest BCUT2D eigenvalue weighted by Crippen LogP contribution is -2.67.